The molecule has 0 saturated carbocycles. The van der Waals surface area contributed by atoms with Crippen LogP contribution < -0.4 is 15.0 Å². The highest BCUT2D eigenvalue weighted by molar-refractivity contribution is 6.32. The van der Waals surface area contributed by atoms with E-state index in [1.165, 1.54) is 24.1 Å². The molecule has 6 rings (SSSR count). The van der Waals surface area contributed by atoms with E-state index in [4.69, 9.17) is 16.3 Å². The van der Waals surface area contributed by atoms with Gasteiger partial charge in [-0.15, -0.1) is 5.10 Å². The van der Waals surface area contributed by atoms with Gasteiger partial charge in [-0.2, -0.15) is 0 Å². The fourth-order valence-corrected chi connectivity index (χ4v) is 5.56. The quantitative estimate of drug-likeness (QED) is 0.344. The highest BCUT2D eigenvalue weighted by Gasteiger charge is 2.28. The van der Waals surface area contributed by atoms with E-state index >= 15 is 0 Å². The molecule has 1 N–H and O–H groups in total. The molecule has 2 aliphatic heterocycles. The highest BCUT2D eigenvalue weighted by atomic mass is 35.5. The minimum atomic E-state index is -0.174. The monoisotopic (exact) mass is 545 g/mol. The van der Waals surface area contributed by atoms with Gasteiger partial charge >= 0.3 is 0 Å². The van der Waals surface area contributed by atoms with Crippen LogP contribution in [0, 0.1) is 0 Å². The van der Waals surface area contributed by atoms with Gasteiger partial charge in [-0.3, -0.25) is 0 Å². The zero-order valence-electron chi connectivity index (χ0n) is 22.2. The molecule has 1 atom stereocenters. The van der Waals surface area contributed by atoms with Crippen LogP contribution in [-0.4, -0.2) is 73.9 Å². The summed E-state index contributed by atoms with van der Waals surface area (Å²) in [5.74, 6) is 1.15. The Kier molecular flexibility index (Phi) is 7.30. The summed E-state index contributed by atoms with van der Waals surface area (Å²) >= 11 is 6.41. The molecule has 0 bridgehead atoms. The topological polar surface area (TPSA) is 97.1 Å². The van der Waals surface area contributed by atoms with Gasteiger partial charge in [-0.1, -0.05) is 23.7 Å². The van der Waals surface area contributed by atoms with E-state index in [0.717, 1.165) is 42.9 Å². The van der Waals surface area contributed by atoms with Crippen LogP contribution in [0.1, 0.15) is 25.3 Å². The van der Waals surface area contributed by atoms with Crippen molar-refractivity contribution < 1.29 is 4.74 Å². The standard InChI is InChI=1S/C28H32ClN9O/c1-19(17-37-18-32-34-35-37)39-27-13-21(4-6-25(27)29)22-15-30-28(31-16-22)33-23-5-3-20-7-12-38(26(20)14-23)24-8-10-36(2)11-9-24/h3-6,13-16,18-19,24H,7-12,17H2,1-2H3,(H,30,31,33)/t19-/m0/s1. The molecule has 202 valence electrons. The second kappa shape index (κ2) is 11.2. The third-order valence-electron chi connectivity index (χ3n) is 7.48. The molecule has 0 amide bonds. The summed E-state index contributed by atoms with van der Waals surface area (Å²) in [4.78, 5) is 14.2. The molecule has 2 aromatic carbocycles. The Hall–Kier alpha value is -3.76. The number of likely N-dealkylation sites (tertiary alicyclic amines) is 1. The van der Waals surface area contributed by atoms with Gasteiger partial charge in [0.1, 0.15) is 18.2 Å². The number of tetrazole rings is 1. The first-order chi connectivity index (χ1) is 19.0. The van der Waals surface area contributed by atoms with Crippen LogP contribution in [0.3, 0.4) is 0 Å². The van der Waals surface area contributed by atoms with Crippen LogP contribution in [0.25, 0.3) is 11.1 Å². The zero-order chi connectivity index (χ0) is 26.8. The molecule has 1 fully saturated rings. The van der Waals surface area contributed by atoms with Crippen molar-refractivity contribution in [2.24, 2.45) is 0 Å². The van der Waals surface area contributed by atoms with Crippen LogP contribution >= 0.6 is 11.6 Å². The van der Waals surface area contributed by atoms with E-state index in [-0.39, 0.29) is 6.10 Å². The zero-order valence-corrected chi connectivity index (χ0v) is 22.9. The van der Waals surface area contributed by atoms with Crippen molar-refractivity contribution in [3.8, 4) is 16.9 Å². The highest BCUT2D eigenvalue weighted by Crippen LogP contribution is 2.35. The van der Waals surface area contributed by atoms with Gasteiger partial charge in [-0.05, 0) is 92.1 Å². The fourth-order valence-electron chi connectivity index (χ4n) is 5.39. The predicted octanol–water partition coefficient (Wildman–Crippen LogP) is 4.45. The molecule has 0 unspecified atom stereocenters. The Labute approximate surface area is 233 Å². The van der Waals surface area contributed by atoms with Crippen molar-refractivity contribution >= 4 is 28.9 Å². The number of nitrogens with zero attached hydrogens (tertiary/aromatic N) is 8. The number of hydrogen-bond donors (Lipinski definition) is 1. The number of ether oxygens (including phenoxy) is 1. The molecule has 10 nitrogen and oxygen atoms in total. The Bertz CT molecular complexity index is 1410. The van der Waals surface area contributed by atoms with Crippen LogP contribution in [-0.2, 0) is 13.0 Å². The lowest BCUT2D eigenvalue weighted by atomic mass is 10.0. The minimum absolute atomic E-state index is 0.174. The lowest BCUT2D eigenvalue weighted by Crippen LogP contribution is -2.43. The van der Waals surface area contributed by atoms with Gasteiger partial charge in [-0.25, -0.2) is 14.6 Å². The van der Waals surface area contributed by atoms with E-state index in [9.17, 15) is 0 Å². The molecule has 1 saturated heterocycles. The van der Waals surface area contributed by atoms with Gasteiger partial charge in [0.15, 0.2) is 0 Å². The molecule has 2 aliphatic rings. The molecular formula is C28H32ClN9O. The maximum absolute atomic E-state index is 6.41. The van der Waals surface area contributed by atoms with Crippen molar-refractivity contribution in [2.45, 2.75) is 44.9 Å². The number of fused-ring (bicyclic) bond motifs is 1. The SMILES string of the molecule is C[C@@H](Cn1cnnn1)Oc1cc(-c2cnc(Nc3ccc4c(c3)N(C3CCN(C)CC3)CC4)nc2)ccc1Cl. The number of hydrogen-bond acceptors (Lipinski definition) is 9. The number of halogens is 1. The van der Waals surface area contributed by atoms with Gasteiger partial charge in [0, 0.05) is 41.9 Å². The van der Waals surface area contributed by atoms with E-state index < -0.39 is 0 Å². The lowest BCUT2D eigenvalue weighted by Gasteiger charge is -2.36. The van der Waals surface area contributed by atoms with Crippen LogP contribution in [0.4, 0.5) is 17.3 Å². The molecule has 4 heterocycles. The molecule has 2 aromatic heterocycles. The Morgan fingerprint density at radius 2 is 1.87 bits per heavy atom. The number of nitrogens with one attached hydrogen (secondary N) is 1. The first-order valence-electron chi connectivity index (χ1n) is 13.4. The molecule has 0 aliphatic carbocycles. The smallest absolute Gasteiger partial charge is 0.227 e. The molecule has 4 aromatic rings. The second-order valence-electron chi connectivity index (χ2n) is 10.3. The van der Waals surface area contributed by atoms with Gasteiger partial charge in [0.25, 0.3) is 0 Å². The average Bonchev–Trinajstić information content (AvgIpc) is 3.61. The lowest BCUT2D eigenvalue weighted by molar-refractivity contribution is 0.193. The summed E-state index contributed by atoms with van der Waals surface area (Å²) in [6, 6.07) is 12.9. The van der Waals surface area contributed by atoms with Crippen LogP contribution in [0.5, 0.6) is 5.75 Å². The first kappa shape index (κ1) is 25.5. The summed E-state index contributed by atoms with van der Waals surface area (Å²) in [7, 11) is 2.21. The van der Waals surface area contributed by atoms with Crippen molar-refractivity contribution in [2.75, 3.05) is 36.9 Å². The van der Waals surface area contributed by atoms with Crippen LogP contribution in [0.15, 0.2) is 55.1 Å². The fraction of sp³-hybridized carbons (Fsp3) is 0.393. The third-order valence-corrected chi connectivity index (χ3v) is 7.79. The first-order valence-corrected chi connectivity index (χ1v) is 13.7. The van der Waals surface area contributed by atoms with E-state index in [1.807, 2.05) is 37.5 Å². The number of piperidine rings is 1. The summed E-state index contributed by atoms with van der Waals surface area (Å²) in [6.07, 6.45) is 8.54. The summed E-state index contributed by atoms with van der Waals surface area (Å²) < 4.78 is 7.69. The van der Waals surface area contributed by atoms with E-state index in [1.54, 1.807) is 11.0 Å². The molecular weight excluding hydrogens is 514 g/mol. The van der Waals surface area contributed by atoms with Crippen molar-refractivity contribution in [1.29, 1.82) is 0 Å². The Balaban J connectivity index is 1.13. The molecule has 11 heteroatoms. The van der Waals surface area contributed by atoms with Gasteiger partial charge in [0.2, 0.25) is 5.95 Å². The minimum Gasteiger partial charge on any atom is -0.487 e. The van der Waals surface area contributed by atoms with Gasteiger partial charge < -0.3 is 19.9 Å². The molecule has 39 heavy (non-hydrogen) atoms. The van der Waals surface area contributed by atoms with E-state index in [0.29, 0.717) is 29.3 Å². The Morgan fingerprint density at radius 1 is 1.05 bits per heavy atom. The summed E-state index contributed by atoms with van der Waals surface area (Å²) in [6.45, 7) is 5.88. The summed E-state index contributed by atoms with van der Waals surface area (Å²) in [5.41, 5.74) is 5.55. The number of rotatable bonds is 8. The van der Waals surface area contributed by atoms with Crippen molar-refractivity contribution in [1.82, 2.24) is 35.1 Å². The van der Waals surface area contributed by atoms with Gasteiger partial charge in [0.05, 0.1) is 11.6 Å². The largest absolute Gasteiger partial charge is 0.487 e. The Morgan fingerprint density at radius 3 is 2.64 bits per heavy atom. The average molecular weight is 546 g/mol. The maximum atomic E-state index is 6.41. The normalized spacial score (nSPS) is 16.7. The number of aromatic nitrogens is 6. The number of benzene rings is 2. The summed E-state index contributed by atoms with van der Waals surface area (Å²) in [5, 5.41) is 15.1. The number of anilines is 3. The van der Waals surface area contributed by atoms with E-state index in [2.05, 4.69) is 65.9 Å². The van der Waals surface area contributed by atoms with Crippen molar-refractivity contribution in [3.63, 3.8) is 0 Å². The molecule has 0 radical (unpaired) electrons. The third kappa shape index (κ3) is 5.81. The van der Waals surface area contributed by atoms with Crippen LogP contribution in [0.2, 0.25) is 5.02 Å². The second-order valence-corrected chi connectivity index (χ2v) is 10.8. The van der Waals surface area contributed by atoms with Crippen molar-refractivity contribution in [3.05, 3.63) is 65.7 Å². The molecule has 0 spiro atoms. The maximum Gasteiger partial charge on any atom is 0.227 e. The predicted molar refractivity (Wildman–Crippen MR) is 152 cm³/mol.